The summed E-state index contributed by atoms with van der Waals surface area (Å²) in [6.07, 6.45) is 6.42. The van der Waals surface area contributed by atoms with E-state index in [2.05, 4.69) is 43.4 Å². The van der Waals surface area contributed by atoms with E-state index in [9.17, 15) is 0 Å². The molecule has 0 bridgehead atoms. The van der Waals surface area contributed by atoms with Crippen LogP contribution in [0.15, 0.2) is 24.3 Å². The first-order chi connectivity index (χ1) is 8.78. The van der Waals surface area contributed by atoms with E-state index in [-0.39, 0.29) is 6.10 Å². The maximum absolute atomic E-state index is 5.91. The Morgan fingerprint density at radius 3 is 2.61 bits per heavy atom. The average Bonchev–Trinajstić information content (AvgIpc) is 3.16. The van der Waals surface area contributed by atoms with Gasteiger partial charge in [0, 0.05) is 6.04 Å². The van der Waals surface area contributed by atoms with Gasteiger partial charge >= 0.3 is 0 Å². The van der Waals surface area contributed by atoms with E-state index in [0.717, 1.165) is 31.2 Å². The summed E-state index contributed by atoms with van der Waals surface area (Å²) in [5, 5.41) is 3.52. The van der Waals surface area contributed by atoms with Crippen LogP contribution in [0.25, 0.3) is 0 Å². The van der Waals surface area contributed by atoms with Crippen molar-refractivity contribution in [3.8, 4) is 5.75 Å². The number of ether oxygens (including phenoxy) is 1. The molecule has 2 rings (SSSR count). The highest BCUT2D eigenvalue weighted by molar-refractivity contribution is 5.27. The van der Waals surface area contributed by atoms with Gasteiger partial charge in [-0.15, -0.1) is 0 Å². The standard InChI is InChI=1S/C16H25NO/c1-3-4-14-5-9-16(10-6-14)18-13(2)11-12-17-15-7-8-15/h5-6,9-10,13,15,17H,3-4,7-8,11-12H2,1-2H3. The quantitative estimate of drug-likeness (QED) is 0.758. The van der Waals surface area contributed by atoms with Crippen LogP contribution in [0.4, 0.5) is 0 Å². The van der Waals surface area contributed by atoms with Crippen LogP contribution in [0.3, 0.4) is 0 Å². The van der Waals surface area contributed by atoms with Crippen LogP contribution < -0.4 is 10.1 Å². The first-order valence-electron chi connectivity index (χ1n) is 7.27. The third-order valence-electron chi connectivity index (χ3n) is 3.36. The summed E-state index contributed by atoms with van der Waals surface area (Å²) < 4.78 is 5.91. The molecule has 1 N–H and O–H groups in total. The van der Waals surface area contributed by atoms with Crippen molar-refractivity contribution in [3.05, 3.63) is 29.8 Å². The molecule has 0 saturated heterocycles. The van der Waals surface area contributed by atoms with Crippen molar-refractivity contribution in [2.45, 2.75) is 58.1 Å². The van der Waals surface area contributed by atoms with Crippen molar-refractivity contribution in [2.75, 3.05) is 6.54 Å². The summed E-state index contributed by atoms with van der Waals surface area (Å²) in [6.45, 7) is 5.42. The second-order valence-corrected chi connectivity index (χ2v) is 5.34. The van der Waals surface area contributed by atoms with Crippen LogP contribution in [-0.2, 0) is 6.42 Å². The fourth-order valence-corrected chi connectivity index (χ4v) is 2.09. The molecule has 1 fully saturated rings. The molecule has 2 nitrogen and oxygen atoms in total. The summed E-state index contributed by atoms with van der Waals surface area (Å²) in [6, 6.07) is 9.33. The summed E-state index contributed by atoms with van der Waals surface area (Å²) in [5.41, 5.74) is 1.40. The van der Waals surface area contributed by atoms with E-state index >= 15 is 0 Å². The number of aryl methyl sites for hydroxylation is 1. The normalized spacial score (nSPS) is 16.6. The van der Waals surface area contributed by atoms with Gasteiger partial charge < -0.3 is 10.1 Å². The second kappa shape index (κ2) is 6.79. The van der Waals surface area contributed by atoms with Crippen LogP contribution in [-0.4, -0.2) is 18.7 Å². The zero-order valence-corrected chi connectivity index (χ0v) is 11.6. The van der Waals surface area contributed by atoms with E-state index in [1.807, 2.05) is 0 Å². The molecule has 0 spiro atoms. The molecular formula is C16H25NO. The van der Waals surface area contributed by atoms with Crippen molar-refractivity contribution < 1.29 is 4.74 Å². The van der Waals surface area contributed by atoms with Crippen molar-refractivity contribution in [2.24, 2.45) is 0 Å². The van der Waals surface area contributed by atoms with Crippen molar-refractivity contribution in [1.29, 1.82) is 0 Å². The van der Waals surface area contributed by atoms with Gasteiger partial charge in [-0.05, 0) is 56.8 Å². The third kappa shape index (κ3) is 4.69. The molecule has 18 heavy (non-hydrogen) atoms. The lowest BCUT2D eigenvalue weighted by Gasteiger charge is -2.15. The van der Waals surface area contributed by atoms with E-state index < -0.39 is 0 Å². The maximum atomic E-state index is 5.91. The molecule has 1 aliphatic carbocycles. The first-order valence-corrected chi connectivity index (χ1v) is 7.27. The second-order valence-electron chi connectivity index (χ2n) is 5.34. The van der Waals surface area contributed by atoms with Crippen molar-refractivity contribution in [1.82, 2.24) is 5.32 Å². The van der Waals surface area contributed by atoms with Crippen molar-refractivity contribution in [3.63, 3.8) is 0 Å². The Kier molecular flexibility index (Phi) is 5.06. The topological polar surface area (TPSA) is 21.3 Å². The molecule has 0 aromatic heterocycles. The van der Waals surface area contributed by atoms with Crippen LogP contribution in [0.1, 0.15) is 45.1 Å². The van der Waals surface area contributed by atoms with Gasteiger partial charge in [0.25, 0.3) is 0 Å². The highest BCUT2D eigenvalue weighted by Crippen LogP contribution is 2.19. The zero-order valence-electron chi connectivity index (χ0n) is 11.6. The number of hydrogen-bond donors (Lipinski definition) is 1. The molecule has 0 aliphatic heterocycles. The summed E-state index contributed by atoms with van der Waals surface area (Å²) in [4.78, 5) is 0. The molecule has 0 amide bonds. The lowest BCUT2D eigenvalue weighted by molar-refractivity contribution is 0.210. The Morgan fingerprint density at radius 2 is 2.00 bits per heavy atom. The predicted molar refractivity (Wildman–Crippen MR) is 76.2 cm³/mol. The maximum Gasteiger partial charge on any atom is 0.119 e. The molecule has 100 valence electrons. The highest BCUT2D eigenvalue weighted by atomic mass is 16.5. The van der Waals surface area contributed by atoms with Gasteiger partial charge in [0.2, 0.25) is 0 Å². The number of benzene rings is 1. The van der Waals surface area contributed by atoms with Crippen molar-refractivity contribution >= 4 is 0 Å². The lowest BCUT2D eigenvalue weighted by atomic mass is 10.1. The minimum absolute atomic E-state index is 0.285. The molecule has 0 heterocycles. The van der Waals surface area contributed by atoms with Gasteiger partial charge in [0.1, 0.15) is 5.75 Å². The Morgan fingerprint density at radius 1 is 1.28 bits per heavy atom. The Hall–Kier alpha value is -1.02. The van der Waals surface area contributed by atoms with Gasteiger partial charge in [0.05, 0.1) is 6.10 Å². The summed E-state index contributed by atoms with van der Waals surface area (Å²) in [7, 11) is 0. The van der Waals surface area contributed by atoms with Gasteiger partial charge in [-0.25, -0.2) is 0 Å². The summed E-state index contributed by atoms with van der Waals surface area (Å²) >= 11 is 0. The summed E-state index contributed by atoms with van der Waals surface area (Å²) in [5.74, 6) is 0.994. The molecule has 1 aromatic rings. The predicted octanol–water partition coefficient (Wildman–Crippen LogP) is 3.55. The number of hydrogen-bond acceptors (Lipinski definition) is 2. The minimum Gasteiger partial charge on any atom is -0.491 e. The SMILES string of the molecule is CCCc1ccc(OC(C)CCNC2CC2)cc1. The monoisotopic (exact) mass is 247 g/mol. The fourth-order valence-electron chi connectivity index (χ4n) is 2.09. The van der Waals surface area contributed by atoms with Crippen LogP contribution in [0.5, 0.6) is 5.75 Å². The molecule has 1 saturated carbocycles. The number of nitrogens with one attached hydrogen (secondary N) is 1. The van der Waals surface area contributed by atoms with Crippen LogP contribution >= 0.6 is 0 Å². The van der Waals surface area contributed by atoms with E-state index in [1.54, 1.807) is 0 Å². The molecule has 1 atom stereocenters. The Balaban J connectivity index is 1.69. The largest absolute Gasteiger partial charge is 0.491 e. The molecule has 1 aliphatic rings. The molecule has 0 radical (unpaired) electrons. The van der Waals surface area contributed by atoms with Gasteiger partial charge in [0.15, 0.2) is 0 Å². The molecule has 2 heteroatoms. The zero-order chi connectivity index (χ0) is 12.8. The smallest absolute Gasteiger partial charge is 0.119 e. The average molecular weight is 247 g/mol. The Labute approximate surface area is 111 Å². The molecular weight excluding hydrogens is 222 g/mol. The lowest BCUT2D eigenvalue weighted by Crippen LogP contribution is -2.23. The van der Waals surface area contributed by atoms with Crippen LogP contribution in [0.2, 0.25) is 0 Å². The minimum atomic E-state index is 0.285. The van der Waals surface area contributed by atoms with E-state index in [0.29, 0.717) is 0 Å². The van der Waals surface area contributed by atoms with Gasteiger partial charge in [-0.3, -0.25) is 0 Å². The van der Waals surface area contributed by atoms with E-state index in [1.165, 1.54) is 24.8 Å². The Bertz CT molecular complexity index is 343. The molecule has 1 unspecified atom stereocenters. The fraction of sp³-hybridized carbons (Fsp3) is 0.625. The highest BCUT2D eigenvalue weighted by Gasteiger charge is 2.20. The van der Waals surface area contributed by atoms with Gasteiger partial charge in [-0.1, -0.05) is 25.5 Å². The number of rotatable bonds is 8. The van der Waals surface area contributed by atoms with E-state index in [4.69, 9.17) is 4.74 Å². The molecule has 1 aromatic carbocycles. The third-order valence-corrected chi connectivity index (χ3v) is 3.36. The van der Waals surface area contributed by atoms with Crippen LogP contribution in [0, 0.1) is 0 Å². The first kappa shape index (κ1) is 13.4. The van der Waals surface area contributed by atoms with Gasteiger partial charge in [-0.2, -0.15) is 0 Å².